The van der Waals surface area contributed by atoms with Crippen molar-refractivity contribution >= 4 is 28.9 Å². The zero-order valence-corrected chi connectivity index (χ0v) is 11.5. The van der Waals surface area contributed by atoms with Gasteiger partial charge in [0.15, 0.2) is 5.11 Å². The van der Waals surface area contributed by atoms with E-state index in [1.165, 1.54) is 11.3 Å². The van der Waals surface area contributed by atoms with Crippen LogP contribution >= 0.6 is 23.8 Å². The number of methoxy groups -OCH3 is 1. The van der Waals surface area contributed by atoms with Gasteiger partial charge in [0, 0.05) is 37.3 Å². The first-order valence-electron chi connectivity index (χ1n) is 5.80. The van der Waals surface area contributed by atoms with E-state index in [4.69, 9.17) is 28.6 Å². The minimum Gasteiger partial charge on any atom is -0.384 e. The Hall–Kier alpha value is -0.580. The van der Waals surface area contributed by atoms with E-state index in [-0.39, 0.29) is 0 Å². The van der Waals surface area contributed by atoms with Crippen LogP contribution in [-0.2, 0) is 4.74 Å². The Morgan fingerprint density at radius 1 is 1.65 bits per heavy atom. The second kappa shape index (κ2) is 5.85. The van der Waals surface area contributed by atoms with Crippen LogP contribution in [0.25, 0.3) is 0 Å². The molecule has 0 saturated heterocycles. The van der Waals surface area contributed by atoms with Crippen molar-refractivity contribution in [2.75, 3.05) is 26.1 Å². The molecule has 0 bridgehead atoms. The summed E-state index contributed by atoms with van der Waals surface area (Å²) in [4.78, 5) is 1.98. The maximum absolute atomic E-state index is 5.76. The standard InChI is InChI=1S/C12H17ClN2OS/c1-16-8-10-3-2-9-4-6-15(7-5-13)12(17)14-11(9)10/h4,6,10H,2-3,5,7-8H2,1H3,(H,14,17). The van der Waals surface area contributed by atoms with Gasteiger partial charge in [-0.3, -0.25) is 0 Å². The average molecular weight is 273 g/mol. The summed E-state index contributed by atoms with van der Waals surface area (Å²) in [5, 5.41) is 4.08. The highest BCUT2D eigenvalue weighted by atomic mass is 35.5. The lowest BCUT2D eigenvalue weighted by atomic mass is 10.1. The van der Waals surface area contributed by atoms with Crippen molar-refractivity contribution < 1.29 is 4.74 Å². The van der Waals surface area contributed by atoms with Crippen molar-refractivity contribution in [3.8, 4) is 0 Å². The summed E-state index contributed by atoms with van der Waals surface area (Å²) in [6.07, 6.45) is 6.39. The Labute approximate surface area is 112 Å². The first kappa shape index (κ1) is 12.9. The summed E-state index contributed by atoms with van der Waals surface area (Å²) < 4.78 is 5.25. The molecule has 0 saturated carbocycles. The van der Waals surface area contributed by atoms with Gasteiger partial charge in [-0.25, -0.2) is 0 Å². The Morgan fingerprint density at radius 2 is 2.47 bits per heavy atom. The molecule has 1 unspecified atom stereocenters. The minimum absolute atomic E-state index is 0.438. The van der Waals surface area contributed by atoms with Gasteiger partial charge in [-0.1, -0.05) is 0 Å². The number of nitrogens with one attached hydrogen (secondary N) is 1. The number of hydrogen-bond acceptors (Lipinski definition) is 2. The van der Waals surface area contributed by atoms with Crippen LogP contribution in [-0.4, -0.2) is 36.2 Å². The topological polar surface area (TPSA) is 24.5 Å². The fourth-order valence-corrected chi connectivity index (χ4v) is 2.74. The Bertz CT molecular complexity index is 368. The van der Waals surface area contributed by atoms with Crippen LogP contribution in [0.1, 0.15) is 12.8 Å². The summed E-state index contributed by atoms with van der Waals surface area (Å²) in [5.74, 6) is 1.01. The van der Waals surface area contributed by atoms with E-state index in [2.05, 4.69) is 11.4 Å². The van der Waals surface area contributed by atoms with Crippen molar-refractivity contribution in [1.29, 1.82) is 0 Å². The van der Waals surface area contributed by atoms with E-state index in [1.54, 1.807) is 7.11 Å². The number of rotatable bonds is 4. The summed E-state index contributed by atoms with van der Waals surface area (Å²) in [5.41, 5.74) is 2.57. The molecule has 1 aliphatic carbocycles. The van der Waals surface area contributed by atoms with E-state index < -0.39 is 0 Å². The minimum atomic E-state index is 0.438. The van der Waals surface area contributed by atoms with Crippen LogP contribution in [0.4, 0.5) is 0 Å². The molecule has 1 N–H and O–H groups in total. The van der Waals surface area contributed by atoms with Gasteiger partial charge in [0.05, 0.1) is 6.61 Å². The molecule has 94 valence electrons. The van der Waals surface area contributed by atoms with Crippen molar-refractivity contribution in [2.45, 2.75) is 12.8 Å². The van der Waals surface area contributed by atoms with Crippen LogP contribution in [0.2, 0.25) is 0 Å². The molecule has 1 aliphatic heterocycles. The lowest BCUT2D eigenvalue weighted by Gasteiger charge is -2.22. The van der Waals surface area contributed by atoms with E-state index in [0.29, 0.717) is 11.8 Å². The third-order valence-corrected chi connectivity index (χ3v) is 3.67. The third-order valence-electron chi connectivity index (χ3n) is 3.17. The first-order valence-corrected chi connectivity index (χ1v) is 6.74. The molecule has 0 fully saturated rings. The molecule has 17 heavy (non-hydrogen) atoms. The molecule has 0 amide bonds. The maximum atomic E-state index is 5.76. The van der Waals surface area contributed by atoms with Gasteiger partial charge in [0.1, 0.15) is 0 Å². The summed E-state index contributed by atoms with van der Waals surface area (Å²) in [6, 6.07) is 0. The van der Waals surface area contributed by atoms with Gasteiger partial charge in [0.25, 0.3) is 0 Å². The van der Waals surface area contributed by atoms with Crippen LogP contribution in [0.15, 0.2) is 23.5 Å². The molecule has 0 aromatic rings. The zero-order valence-electron chi connectivity index (χ0n) is 9.91. The van der Waals surface area contributed by atoms with Crippen LogP contribution in [0.3, 0.4) is 0 Å². The van der Waals surface area contributed by atoms with Gasteiger partial charge >= 0.3 is 0 Å². The van der Waals surface area contributed by atoms with Crippen molar-refractivity contribution in [2.24, 2.45) is 5.92 Å². The molecule has 0 aromatic heterocycles. The SMILES string of the molecule is COCC1CCC2=C1NC(=S)N(CCCl)C=C2. The van der Waals surface area contributed by atoms with E-state index in [0.717, 1.165) is 31.1 Å². The van der Waals surface area contributed by atoms with Gasteiger partial charge in [-0.05, 0) is 36.7 Å². The van der Waals surface area contributed by atoms with Gasteiger partial charge in [0.2, 0.25) is 0 Å². The second-order valence-electron chi connectivity index (χ2n) is 4.26. The summed E-state index contributed by atoms with van der Waals surface area (Å²) in [6.45, 7) is 1.48. The number of alkyl halides is 1. The lowest BCUT2D eigenvalue weighted by Crippen LogP contribution is -2.37. The molecule has 0 radical (unpaired) electrons. The van der Waals surface area contributed by atoms with Gasteiger partial charge < -0.3 is 15.0 Å². The van der Waals surface area contributed by atoms with Gasteiger partial charge in [-0.15, -0.1) is 11.6 Å². The predicted molar refractivity (Wildman–Crippen MR) is 73.9 cm³/mol. The van der Waals surface area contributed by atoms with Crippen molar-refractivity contribution in [1.82, 2.24) is 10.2 Å². The Morgan fingerprint density at radius 3 is 3.18 bits per heavy atom. The molecular weight excluding hydrogens is 256 g/mol. The van der Waals surface area contributed by atoms with Crippen molar-refractivity contribution in [3.63, 3.8) is 0 Å². The van der Waals surface area contributed by atoms with E-state index in [9.17, 15) is 0 Å². The highest BCUT2D eigenvalue weighted by Crippen LogP contribution is 2.32. The monoisotopic (exact) mass is 272 g/mol. The maximum Gasteiger partial charge on any atom is 0.177 e. The molecule has 0 aromatic carbocycles. The number of halogens is 1. The summed E-state index contributed by atoms with van der Waals surface area (Å²) in [7, 11) is 1.74. The summed E-state index contributed by atoms with van der Waals surface area (Å²) >= 11 is 11.1. The predicted octanol–water partition coefficient (Wildman–Crippen LogP) is 2.24. The van der Waals surface area contributed by atoms with Crippen LogP contribution in [0, 0.1) is 5.92 Å². The largest absolute Gasteiger partial charge is 0.384 e. The van der Waals surface area contributed by atoms with Crippen molar-refractivity contribution in [3.05, 3.63) is 23.5 Å². The smallest absolute Gasteiger partial charge is 0.177 e. The second-order valence-corrected chi connectivity index (χ2v) is 5.02. The van der Waals surface area contributed by atoms with Crippen LogP contribution < -0.4 is 5.32 Å². The number of thiocarbonyl (C=S) groups is 1. The van der Waals surface area contributed by atoms with Crippen LogP contribution in [0.5, 0.6) is 0 Å². The fraction of sp³-hybridized carbons (Fsp3) is 0.583. The highest BCUT2D eigenvalue weighted by molar-refractivity contribution is 7.80. The molecule has 2 aliphatic rings. The number of nitrogens with zero attached hydrogens (tertiary/aromatic N) is 1. The Balaban J connectivity index is 2.12. The average Bonchev–Trinajstić information content (AvgIpc) is 2.60. The number of allylic oxidation sites excluding steroid dienone is 2. The molecule has 2 rings (SSSR count). The molecule has 5 heteroatoms. The fourth-order valence-electron chi connectivity index (χ4n) is 2.30. The molecule has 3 nitrogen and oxygen atoms in total. The number of ether oxygens (including phenoxy) is 1. The molecular formula is C12H17ClN2OS. The zero-order chi connectivity index (χ0) is 12.3. The third kappa shape index (κ3) is 2.81. The van der Waals surface area contributed by atoms with E-state index >= 15 is 0 Å². The normalized spacial score (nSPS) is 23.8. The Kier molecular flexibility index (Phi) is 4.42. The first-order chi connectivity index (χ1) is 8.26. The molecule has 1 heterocycles. The lowest BCUT2D eigenvalue weighted by molar-refractivity contribution is 0.164. The molecule has 0 spiro atoms. The quantitative estimate of drug-likeness (QED) is 0.627. The number of hydrogen-bond donors (Lipinski definition) is 1. The highest BCUT2D eigenvalue weighted by Gasteiger charge is 2.27. The van der Waals surface area contributed by atoms with Gasteiger partial charge in [-0.2, -0.15) is 0 Å². The molecule has 1 atom stereocenters. The van der Waals surface area contributed by atoms with E-state index in [1.807, 2.05) is 11.1 Å².